The van der Waals surface area contributed by atoms with E-state index in [1.807, 2.05) is 12.1 Å². The second-order valence-electron chi connectivity index (χ2n) is 8.19. The van der Waals surface area contributed by atoms with Crippen molar-refractivity contribution in [3.8, 4) is 23.0 Å². The molecular formula is C25H30N2O7. The highest BCUT2D eigenvalue weighted by Crippen LogP contribution is 2.47. The summed E-state index contributed by atoms with van der Waals surface area (Å²) in [7, 11) is 7.88. The number of ether oxygens (including phenoxy) is 5. The van der Waals surface area contributed by atoms with Gasteiger partial charge in [-0.05, 0) is 35.4 Å². The van der Waals surface area contributed by atoms with Gasteiger partial charge >= 0.3 is 0 Å². The van der Waals surface area contributed by atoms with E-state index in [9.17, 15) is 9.59 Å². The van der Waals surface area contributed by atoms with E-state index in [2.05, 4.69) is 0 Å². The van der Waals surface area contributed by atoms with Gasteiger partial charge in [0.05, 0.1) is 53.6 Å². The van der Waals surface area contributed by atoms with Crippen molar-refractivity contribution in [3.63, 3.8) is 0 Å². The zero-order chi connectivity index (χ0) is 24.4. The lowest BCUT2D eigenvalue weighted by Crippen LogP contribution is -2.49. The van der Waals surface area contributed by atoms with Crippen LogP contribution in [0.15, 0.2) is 30.3 Å². The molecule has 2 atom stereocenters. The van der Waals surface area contributed by atoms with Gasteiger partial charge in [-0.15, -0.1) is 0 Å². The van der Waals surface area contributed by atoms with Crippen LogP contribution in [0.4, 0.5) is 0 Å². The van der Waals surface area contributed by atoms with Gasteiger partial charge in [0.15, 0.2) is 23.0 Å². The van der Waals surface area contributed by atoms with E-state index in [1.165, 1.54) is 14.2 Å². The van der Waals surface area contributed by atoms with Crippen LogP contribution in [0.5, 0.6) is 23.0 Å². The quantitative estimate of drug-likeness (QED) is 0.641. The van der Waals surface area contributed by atoms with Gasteiger partial charge in [0.1, 0.15) is 0 Å². The molecule has 34 heavy (non-hydrogen) atoms. The molecular weight excluding hydrogens is 440 g/mol. The molecule has 0 radical (unpaired) electrons. The molecule has 0 N–H and O–H groups in total. The van der Waals surface area contributed by atoms with E-state index >= 15 is 0 Å². The smallest absolute Gasteiger partial charge is 0.254 e. The Morgan fingerprint density at radius 2 is 1.47 bits per heavy atom. The number of benzene rings is 2. The summed E-state index contributed by atoms with van der Waals surface area (Å²) < 4.78 is 27.3. The zero-order valence-corrected chi connectivity index (χ0v) is 20.1. The summed E-state index contributed by atoms with van der Waals surface area (Å²) in [4.78, 5) is 30.9. The van der Waals surface area contributed by atoms with E-state index in [0.717, 1.165) is 5.56 Å². The van der Waals surface area contributed by atoms with E-state index in [1.54, 1.807) is 49.3 Å². The summed E-state index contributed by atoms with van der Waals surface area (Å²) >= 11 is 0. The molecule has 2 aromatic carbocycles. The number of carbonyl (C=O) groups is 2. The minimum absolute atomic E-state index is 0.0732. The summed E-state index contributed by atoms with van der Waals surface area (Å²) in [5.41, 5.74) is 1.79. The summed E-state index contributed by atoms with van der Waals surface area (Å²) in [5.74, 6) is 1.05. The minimum atomic E-state index is -0.659. The largest absolute Gasteiger partial charge is 0.493 e. The molecule has 2 heterocycles. The minimum Gasteiger partial charge on any atom is -0.493 e. The Balaban J connectivity index is 1.91. The number of hydrogen-bond acceptors (Lipinski definition) is 7. The Labute approximate surface area is 199 Å². The van der Waals surface area contributed by atoms with E-state index < -0.39 is 12.0 Å². The molecule has 0 saturated carbocycles. The Morgan fingerprint density at radius 3 is 2.09 bits per heavy atom. The first-order chi connectivity index (χ1) is 16.4. The summed E-state index contributed by atoms with van der Waals surface area (Å²) in [5, 5.41) is 0. The molecule has 1 fully saturated rings. The van der Waals surface area contributed by atoms with Crippen molar-refractivity contribution in [2.45, 2.75) is 12.0 Å². The van der Waals surface area contributed by atoms with Crippen molar-refractivity contribution in [2.24, 2.45) is 0 Å². The van der Waals surface area contributed by atoms with Crippen LogP contribution in [0.25, 0.3) is 0 Å². The normalized spacial score (nSPS) is 20.0. The molecule has 0 spiro atoms. The fraction of sp³-hybridized carbons (Fsp3) is 0.440. The maximum atomic E-state index is 14.0. The van der Waals surface area contributed by atoms with E-state index in [-0.39, 0.29) is 11.8 Å². The van der Waals surface area contributed by atoms with Crippen LogP contribution >= 0.6 is 0 Å². The lowest BCUT2D eigenvalue weighted by Gasteiger charge is -2.42. The first-order valence-electron chi connectivity index (χ1n) is 11.1. The number of fused-ring (bicyclic) bond motifs is 1. The van der Waals surface area contributed by atoms with Gasteiger partial charge in [-0.25, -0.2) is 0 Å². The van der Waals surface area contributed by atoms with Crippen LogP contribution in [-0.2, 0) is 9.53 Å². The number of methoxy groups -OCH3 is 4. The zero-order valence-electron chi connectivity index (χ0n) is 20.1. The second-order valence-corrected chi connectivity index (χ2v) is 8.19. The van der Waals surface area contributed by atoms with Crippen molar-refractivity contribution in [1.29, 1.82) is 0 Å². The maximum absolute atomic E-state index is 14.0. The molecule has 2 aliphatic rings. The Kier molecular flexibility index (Phi) is 6.83. The van der Waals surface area contributed by atoms with Crippen LogP contribution in [0, 0.1) is 0 Å². The van der Waals surface area contributed by atoms with Crippen LogP contribution in [0.2, 0.25) is 0 Å². The molecule has 9 heteroatoms. The molecule has 2 aromatic rings. The van der Waals surface area contributed by atoms with Crippen molar-refractivity contribution in [3.05, 3.63) is 47.0 Å². The number of nitrogens with zero attached hydrogens (tertiary/aromatic N) is 2. The van der Waals surface area contributed by atoms with Crippen molar-refractivity contribution >= 4 is 11.8 Å². The number of carbonyl (C=O) groups excluding carboxylic acids is 2. The van der Waals surface area contributed by atoms with Gasteiger partial charge in [0, 0.05) is 25.7 Å². The lowest BCUT2D eigenvalue weighted by atomic mass is 9.78. The first-order valence-corrected chi connectivity index (χ1v) is 11.1. The molecule has 2 amide bonds. The standard InChI is InChI=1S/C25H30N2O7/c1-26-23(15-6-7-18(30-2)19(12-15)31-3)22(25(29)27-8-10-34-11-9-27)16-13-20(32-4)21(33-5)14-17(16)24(26)28/h6-7,12-14,22-23H,8-11H2,1-5H3. The summed E-state index contributed by atoms with van der Waals surface area (Å²) in [6, 6.07) is 8.30. The van der Waals surface area contributed by atoms with Crippen LogP contribution in [0.3, 0.4) is 0 Å². The van der Waals surface area contributed by atoms with Gasteiger partial charge in [-0.2, -0.15) is 0 Å². The Morgan fingerprint density at radius 1 is 0.882 bits per heavy atom. The predicted molar refractivity (Wildman–Crippen MR) is 124 cm³/mol. The van der Waals surface area contributed by atoms with E-state index in [0.29, 0.717) is 60.4 Å². The first kappa shape index (κ1) is 23.7. The molecule has 4 rings (SSSR count). The van der Waals surface area contributed by atoms with Gasteiger partial charge in [0.2, 0.25) is 5.91 Å². The van der Waals surface area contributed by atoms with Gasteiger partial charge in [-0.3, -0.25) is 9.59 Å². The lowest BCUT2D eigenvalue weighted by molar-refractivity contribution is -0.138. The Bertz CT molecular complexity index is 1080. The molecule has 0 aromatic heterocycles. The van der Waals surface area contributed by atoms with Gasteiger partial charge in [0.25, 0.3) is 5.91 Å². The molecule has 182 valence electrons. The fourth-order valence-electron chi connectivity index (χ4n) is 4.75. The van der Waals surface area contributed by atoms with E-state index in [4.69, 9.17) is 23.7 Å². The van der Waals surface area contributed by atoms with Crippen molar-refractivity contribution in [1.82, 2.24) is 9.80 Å². The Hall–Kier alpha value is -3.46. The highest BCUT2D eigenvalue weighted by Gasteiger charge is 2.45. The highest BCUT2D eigenvalue weighted by molar-refractivity contribution is 6.02. The third-order valence-electron chi connectivity index (χ3n) is 6.51. The number of likely N-dealkylation sites (N-methyl/N-ethyl adjacent to an activating group) is 1. The topological polar surface area (TPSA) is 86.8 Å². The van der Waals surface area contributed by atoms with Crippen molar-refractivity contribution < 1.29 is 33.3 Å². The maximum Gasteiger partial charge on any atom is 0.254 e. The molecule has 1 saturated heterocycles. The second kappa shape index (κ2) is 9.80. The average molecular weight is 471 g/mol. The third-order valence-corrected chi connectivity index (χ3v) is 6.51. The third kappa shape index (κ3) is 4.00. The molecule has 9 nitrogen and oxygen atoms in total. The number of rotatable bonds is 6. The van der Waals surface area contributed by atoms with Crippen molar-refractivity contribution in [2.75, 3.05) is 61.8 Å². The van der Waals surface area contributed by atoms with Gasteiger partial charge < -0.3 is 33.5 Å². The van der Waals surface area contributed by atoms with Gasteiger partial charge in [-0.1, -0.05) is 6.07 Å². The summed E-state index contributed by atoms with van der Waals surface area (Å²) in [6.45, 7) is 1.95. The van der Waals surface area contributed by atoms with Crippen LogP contribution in [0.1, 0.15) is 33.4 Å². The molecule has 2 aliphatic heterocycles. The average Bonchev–Trinajstić information content (AvgIpc) is 2.89. The molecule has 2 unspecified atom stereocenters. The molecule has 0 aliphatic carbocycles. The summed E-state index contributed by atoms with van der Waals surface area (Å²) in [6.07, 6.45) is 0. The van der Waals surface area contributed by atoms with Crippen LogP contribution < -0.4 is 18.9 Å². The SMILES string of the molecule is COc1ccc(C2C(C(=O)N3CCOCC3)c3cc(OC)c(OC)cc3C(=O)N2C)cc1OC. The fourth-order valence-corrected chi connectivity index (χ4v) is 4.75. The number of amides is 2. The monoisotopic (exact) mass is 470 g/mol. The number of morpholine rings is 1. The predicted octanol–water partition coefficient (Wildman–Crippen LogP) is 2.49. The number of hydrogen-bond donors (Lipinski definition) is 0. The highest BCUT2D eigenvalue weighted by atomic mass is 16.5. The van der Waals surface area contributed by atoms with Crippen LogP contribution in [-0.4, -0.2) is 83.4 Å². The molecule has 0 bridgehead atoms.